The quantitative estimate of drug-likeness (QED) is 0.433. The van der Waals surface area contributed by atoms with Crippen LogP contribution in [-0.2, 0) is 31.1 Å². The lowest BCUT2D eigenvalue weighted by Crippen LogP contribution is -2.42. The largest absolute Gasteiger partial charge is 0.465 e. The van der Waals surface area contributed by atoms with E-state index in [1.54, 1.807) is 31.4 Å². The van der Waals surface area contributed by atoms with Gasteiger partial charge < -0.3 is 9.30 Å². The average Bonchev–Trinajstić information content (AvgIpc) is 3.02. The molecule has 29 heavy (non-hydrogen) atoms. The van der Waals surface area contributed by atoms with E-state index < -0.39 is 11.8 Å². The van der Waals surface area contributed by atoms with Crippen LogP contribution in [0.2, 0.25) is 0 Å². The minimum Gasteiger partial charge on any atom is -0.465 e. The van der Waals surface area contributed by atoms with Crippen LogP contribution < -0.4 is 0 Å². The van der Waals surface area contributed by atoms with Gasteiger partial charge >= 0.3 is 5.97 Å². The topological polar surface area (TPSA) is 92.4 Å². The molecule has 0 saturated carbocycles. The number of carbonyl (C=O) groups is 3. The molecular weight excluding hydrogens is 370 g/mol. The highest BCUT2D eigenvalue weighted by molar-refractivity contribution is 6.19. The number of imide groups is 1. The van der Waals surface area contributed by atoms with E-state index in [-0.39, 0.29) is 42.2 Å². The molecule has 2 heterocycles. The van der Waals surface area contributed by atoms with E-state index in [1.807, 2.05) is 18.3 Å². The first-order valence-corrected chi connectivity index (χ1v) is 9.60. The van der Waals surface area contributed by atoms with Crippen molar-refractivity contribution < 1.29 is 19.1 Å². The molecule has 0 bridgehead atoms. The second-order valence-corrected chi connectivity index (χ2v) is 7.86. The van der Waals surface area contributed by atoms with Crippen molar-refractivity contribution in [2.45, 2.75) is 53.5 Å². The minimum absolute atomic E-state index is 0.00150. The number of hydrogen-bond donors (Lipinski definition) is 0. The molecule has 1 aliphatic rings. The van der Waals surface area contributed by atoms with Gasteiger partial charge in [-0.1, -0.05) is 20.8 Å². The van der Waals surface area contributed by atoms with Crippen molar-refractivity contribution in [3.8, 4) is 6.07 Å². The van der Waals surface area contributed by atoms with Crippen LogP contribution in [0.3, 0.4) is 0 Å². The van der Waals surface area contributed by atoms with Crippen molar-refractivity contribution in [3.63, 3.8) is 0 Å². The summed E-state index contributed by atoms with van der Waals surface area (Å²) in [4.78, 5) is 38.3. The molecule has 0 aliphatic carbocycles. The maximum atomic E-state index is 12.9. The van der Waals surface area contributed by atoms with Gasteiger partial charge in [0.2, 0.25) is 0 Å². The summed E-state index contributed by atoms with van der Waals surface area (Å²) < 4.78 is 6.79. The van der Waals surface area contributed by atoms with Gasteiger partial charge in [-0.3, -0.25) is 19.3 Å². The van der Waals surface area contributed by atoms with E-state index in [0.717, 1.165) is 10.5 Å². The summed E-state index contributed by atoms with van der Waals surface area (Å²) >= 11 is 0. The van der Waals surface area contributed by atoms with Crippen molar-refractivity contribution in [3.05, 3.63) is 40.2 Å². The number of hydrogen-bond acceptors (Lipinski definition) is 5. The summed E-state index contributed by atoms with van der Waals surface area (Å²) in [7, 11) is 0. The van der Waals surface area contributed by atoms with Crippen molar-refractivity contribution in [2.24, 2.45) is 0 Å². The van der Waals surface area contributed by atoms with Crippen LogP contribution in [0.1, 0.15) is 52.8 Å². The van der Waals surface area contributed by atoms with Gasteiger partial charge in [0, 0.05) is 24.0 Å². The lowest BCUT2D eigenvalue weighted by Gasteiger charge is -2.26. The molecule has 0 N–H and O–H groups in total. The SMILES string of the molecule is CCOC(=O)Cn1cc(C(C)(C)C)cc1C=C1C(=O)N(CC)C(=O)C(C#N)=C1C. The fraction of sp³-hybridized carbons (Fsp3) is 0.455. The fourth-order valence-electron chi connectivity index (χ4n) is 3.10. The average molecular weight is 397 g/mol. The van der Waals surface area contributed by atoms with Gasteiger partial charge in [-0.05, 0) is 49.5 Å². The van der Waals surface area contributed by atoms with Gasteiger partial charge in [0.05, 0.1) is 6.61 Å². The molecule has 0 radical (unpaired) electrons. The van der Waals surface area contributed by atoms with Gasteiger partial charge in [-0.15, -0.1) is 0 Å². The maximum absolute atomic E-state index is 12.9. The highest BCUT2D eigenvalue weighted by Crippen LogP contribution is 2.30. The van der Waals surface area contributed by atoms with Gasteiger partial charge in [0.25, 0.3) is 11.8 Å². The molecule has 0 spiro atoms. The van der Waals surface area contributed by atoms with E-state index >= 15 is 0 Å². The number of ether oxygens (including phenoxy) is 1. The molecule has 154 valence electrons. The zero-order chi connectivity index (χ0) is 21.9. The first kappa shape index (κ1) is 22.2. The number of likely N-dealkylation sites (N-methyl/N-ethyl adjacent to an activating group) is 1. The van der Waals surface area contributed by atoms with Gasteiger partial charge in [-0.25, -0.2) is 0 Å². The van der Waals surface area contributed by atoms with Crippen LogP contribution in [0.5, 0.6) is 0 Å². The lowest BCUT2D eigenvalue weighted by atomic mass is 9.89. The van der Waals surface area contributed by atoms with E-state index in [1.165, 1.54) is 0 Å². The number of aromatic nitrogens is 1. The van der Waals surface area contributed by atoms with Gasteiger partial charge in [-0.2, -0.15) is 5.26 Å². The van der Waals surface area contributed by atoms with Crippen LogP contribution >= 0.6 is 0 Å². The molecule has 2 amide bonds. The molecule has 0 saturated heterocycles. The Hall–Kier alpha value is -3.14. The van der Waals surface area contributed by atoms with Crippen LogP contribution in [-0.4, -0.2) is 40.4 Å². The zero-order valence-electron chi connectivity index (χ0n) is 17.8. The van der Waals surface area contributed by atoms with Crippen LogP contribution in [0.4, 0.5) is 0 Å². The van der Waals surface area contributed by atoms with E-state index in [4.69, 9.17) is 4.74 Å². The molecule has 1 aliphatic heterocycles. The Kier molecular flexibility index (Phi) is 6.48. The van der Waals surface area contributed by atoms with E-state index in [9.17, 15) is 19.6 Å². The number of carbonyl (C=O) groups excluding carboxylic acids is 3. The normalized spacial score (nSPS) is 16.4. The summed E-state index contributed by atoms with van der Waals surface area (Å²) in [5, 5.41) is 9.40. The summed E-state index contributed by atoms with van der Waals surface area (Å²) in [5.41, 5.74) is 2.02. The van der Waals surface area contributed by atoms with Crippen LogP contribution in [0.25, 0.3) is 6.08 Å². The maximum Gasteiger partial charge on any atom is 0.325 e. The van der Waals surface area contributed by atoms with Crippen molar-refractivity contribution in [2.75, 3.05) is 13.2 Å². The van der Waals surface area contributed by atoms with E-state index in [2.05, 4.69) is 20.8 Å². The minimum atomic E-state index is -0.577. The van der Waals surface area contributed by atoms with Gasteiger partial charge in [0.1, 0.15) is 18.2 Å². The van der Waals surface area contributed by atoms with Gasteiger partial charge in [0.15, 0.2) is 0 Å². The van der Waals surface area contributed by atoms with Crippen LogP contribution in [0.15, 0.2) is 29.0 Å². The predicted octanol–water partition coefficient (Wildman–Crippen LogP) is 2.96. The third-order valence-corrected chi connectivity index (χ3v) is 4.83. The molecule has 2 rings (SSSR count). The second-order valence-electron chi connectivity index (χ2n) is 7.86. The first-order valence-electron chi connectivity index (χ1n) is 9.60. The molecular formula is C22H27N3O4. The smallest absolute Gasteiger partial charge is 0.325 e. The molecule has 0 fully saturated rings. The lowest BCUT2D eigenvalue weighted by molar-refractivity contribution is -0.144. The molecule has 1 aromatic heterocycles. The summed E-state index contributed by atoms with van der Waals surface area (Å²) in [6.45, 7) is 11.6. The Labute approximate surface area is 171 Å². The number of nitriles is 1. The Morgan fingerprint density at radius 2 is 1.90 bits per heavy atom. The summed E-state index contributed by atoms with van der Waals surface area (Å²) in [6, 6.07) is 3.82. The first-order chi connectivity index (χ1) is 13.5. The molecule has 1 aromatic rings. The van der Waals surface area contributed by atoms with Crippen LogP contribution in [0, 0.1) is 11.3 Å². The standard InChI is InChI=1S/C22H27N3O4/c1-7-25-20(27)17(14(3)18(11-23)21(25)28)10-16-9-15(22(4,5)6)12-24(16)13-19(26)29-8-2/h9-10,12H,7-8,13H2,1-6H3. The number of rotatable bonds is 5. The van der Waals surface area contributed by atoms with Crippen molar-refractivity contribution in [1.29, 1.82) is 5.26 Å². The van der Waals surface area contributed by atoms with Crippen molar-refractivity contribution >= 4 is 23.9 Å². The summed E-state index contributed by atoms with van der Waals surface area (Å²) in [6.07, 6.45) is 3.50. The Balaban J connectivity index is 2.64. The summed E-state index contributed by atoms with van der Waals surface area (Å²) in [5.74, 6) is -1.41. The fourth-order valence-corrected chi connectivity index (χ4v) is 3.10. The highest BCUT2D eigenvalue weighted by Gasteiger charge is 2.34. The predicted molar refractivity (Wildman–Crippen MR) is 108 cm³/mol. The Morgan fingerprint density at radius 1 is 1.24 bits per heavy atom. The number of amides is 2. The number of nitrogens with zero attached hydrogens (tertiary/aromatic N) is 3. The second kappa shape index (κ2) is 8.48. The zero-order valence-corrected chi connectivity index (χ0v) is 17.8. The Bertz CT molecular complexity index is 952. The monoisotopic (exact) mass is 397 g/mol. The molecule has 0 aromatic carbocycles. The molecule has 7 nitrogen and oxygen atoms in total. The molecule has 0 unspecified atom stereocenters. The van der Waals surface area contributed by atoms with E-state index in [0.29, 0.717) is 11.3 Å². The number of esters is 1. The third-order valence-electron chi connectivity index (χ3n) is 4.83. The molecule has 0 atom stereocenters. The Morgan fingerprint density at radius 3 is 2.41 bits per heavy atom. The molecule has 7 heteroatoms. The van der Waals surface area contributed by atoms with Crippen molar-refractivity contribution in [1.82, 2.24) is 9.47 Å². The highest BCUT2D eigenvalue weighted by atomic mass is 16.5. The third kappa shape index (κ3) is 4.48.